The minimum Gasteiger partial charge on any atom is -0.494 e. The molecule has 3 rings (SSSR count). The second kappa shape index (κ2) is 6.17. The molecule has 2 aromatic heterocycles. The molecule has 0 aliphatic rings. The summed E-state index contributed by atoms with van der Waals surface area (Å²) in [6.07, 6.45) is 1.37. The highest BCUT2D eigenvalue weighted by atomic mass is 16.5. The van der Waals surface area contributed by atoms with Crippen LogP contribution in [-0.2, 0) is 25.4 Å². The van der Waals surface area contributed by atoms with Crippen LogP contribution in [0.4, 0.5) is 0 Å². The molecule has 0 aliphatic heterocycles. The molecule has 0 saturated heterocycles. The third-order valence-corrected chi connectivity index (χ3v) is 4.08. The van der Waals surface area contributed by atoms with Gasteiger partial charge in [-0.1, -0.05) is 0 Å². The fourth-order valence-electron chi connectivity index (χ4n) is 2.82. The Labute approximate surface area is 142 Å². The maximum atomic E-state index is 12.9. The van der Waals surface area contributed by atoms with E-state index in [1.54, 1.807) is 14.1 Å². The second-order valence-electron chi connectivity index (χ2n) is 5.50. The van der Waals surface area contributed by atoms with Gasteiger partial charge in [0.15, 0.2) is 11.5 Å². The monoisotopic (exact) mass is 346 g/mol. The molecule has 0 unspecified atom stereocenters. The largest absolute Gasteiger partial charge is 0.494 e. The summed E-state index contributed by atoms with van der Waals surface area (Å²) < 4.78 is 18.7. The normalized spacial score (nSPS) is 11.2. The van der Waals surface area contributed by atoms with E-state index in [0.29, 0.717) is 5.82 Å². The van der Waals surface area contributed by atoms with Gasteiger partial charge < -0.3 is 18.8 Å². The number of ether oxygens (including phenoxy) is 3. The summed E-state index contributed by atoms with van der Waals surface area (Å²) in [4.78, 5) is 34.3. The fraction of sp³-hybridized carbons (Fsp3) is 0.375. The number of benzene rings is 1. The van der Waals surface area contributed by atoms with Crippen molar-refractivity contribution in [1.29, 1.82) is 0 Å². The highest BCUT2D eigenvalue weighted by Gasteiger charge is 2.24. The van der Waals surface area contributed by atoms with Crippen molar-refractivity contribution in [3.8, 4) is 11.5 Å². The van der Waals surface area contributed by atoms with Crippen molar-refractivity contribution in [2.75, 3.05) is 21.3 Å². The summed E-state index contributed by atoms with van der Waals surface area (Å²) in [7, 11) is 7.52. The molecule has 3 aromatic rings. The van der Waals surface area contributed by atoms with Gasteiger partial charge >= 0.3 is 0 Å². The first kappa shape index (κ1) is 16.9. The van der Waals surface area contributed by atoms with Crippen molar-refractivity contribution in [3.63, 3.8) is 0 Å². The lowest BCUT2D eigenvalue weighted by Crippen LogP contribution is -2.25. The Kier molecular flexibility index (Phi) is 4.17. The smallest absolute Gasteiger partial charge is 0.265 e. The van der Waals surface area contributed by atoms with Gasteiger partial charge in [-0.3, -0.25) is 14.2 Å². The highest BCUT2D eigenvalue weighted by Crippen LogP contribution is 2.37. The van der Waals surface area contributed by atoms with E-state index in [2.05, 4.69) is 9.97 Å². The molecule has 9 heteroatoms. The van der Waals surface area contributed by atoms with Gasteiger partial charge in [-0.25, -0.2) is 9.97 Å². The van der Waals surface area contributed by atoms with Crippen LogP contribution in [-0.4, -0.2) is 40.4 Å². The summed E-state index contributed by atoms with van der Waals surface area (Å²) in [6.45, 7) is 0.135. The van der Waals surface area contributed by atoms with Crippen molar-refractivity contribution < 1.29 is 14.2 Å². The molecule has 0 fully saturated rings. The zero-order valence-electron chi connectivity index (χ0n) is 14.6. The van der Waals surface area contributed by atoms with Crippen molar-refractivity contribution in [3.05, 3.63) is 32.9 Å². The van der Waals surface area contributed by atoms with Crippen LogP contribution in [0.25, 0.3) is 21.8 Å². The third-order valence-electron chi connectivity index (χ3n) is 4.08. The molecule has 0 saturated carbocycles. The quantitative estimate of drug-likeness (QED) is 0.629. The number of methoxy groups -OCH3 is 3. The molecular formula is C16H18N4O5. The van der Waals surface area contributed by atoms with E-state index in [0.717, 1.165) is 0 Å². The minimum atomic E-state index is -0.337. The van der Waals surface area contributed by atoms with E-state index in [1.165, 1.54) is 36.8 Å². The molecule has 0 aliphatic carbocycles. The zero-order valence-corrected chi connectivity index (χ0v) is 14.6. The van der Waals surface area contributed by atoms with Crippen LogP contribution >= 0.6 is 0 Å². The molecule has 0 atom stereocenters. The van der Waals surface area contributed by atoms with Crippen molar-refractivity contribution in [1.82, 2.24) is 19.1 Å². The van der Waals surface area contributed by atoms with Crippen molar-refractivity contribution in [2.24, 2.45) is 14.1 Å². The average molecular weight is 346 g/mol. The van der Waals surface area contributed by atoms with Crippen LogP contribution in [0.2, 0.25) is 0 Å². The van der Waals surface area contributed by atoms with E-state index in [1.807, 2.05) is 0 Å². The van der Waals surface area contributed by atoms with Crippen molar-refractivity contribution in [2.45, 2.75) is 6.61 Å². The predicted octanol–water partition coefficient (Wildman–Crippen LogP) is 0.344. The standard InChI is InChI=1S/C16H18N4O5/c1-19-7-17-11-9(15(19)21)14(25-5)12-10(13(11)24-4)16(22)20(2)8(18-12)6-23-3/h7H,6H2,1-5H3. The van der Waals surface area contributed by atoms with Gasteiger partial charge in [-0.2, -0.15) is 0 Å². The predicted molar refractivity (Wildman–Crippen MR) is 91.3 cm³/mol. The summed E-state index contributed by atoms with van der Waals surface area (Å²) in [5.74, 6) is 0.788. The van der Waals surface area contributed by atoms with Crippen LogP contribution in [0.1, 0.15) is 5.82 Å². The lowest BCUT2D eigenvalue weighted by molar-refractivity contribution is 0.174. The first-order valence-electron chi connectivity index (χ1n) is 7.44. The van der Waals surface area contributed by atoms with Gasteiger partial charge in [-0.15, -0.1) is 0 Å². The van der Waals surface area contributed by atoms with Gasteiger partial charge in [0.25, 0.3) is 11.1 Å². The SMILES string of the molecule is COCc1nc2c(OC)c3c(=O)n(C)cnc3c(OC)c2c(=O)n1C. The highest BCUT2D eigenvalue weighted by molar-refractivity contribution is 6.07. The molecule has 25 heavy (non-hydrogen) atoms. The summed E-state index contributed by atoms with van der Waals surface area (Å²) in [6, 6.07) is 0. The molecule has 132 valence electrons. The summed E-state index contributed by atoms with van der Waals surface area (Å²) >= 11 is 0. The number of aromatic nitrogens is 4. The van der Waals surface area contributed by atoms with Crippen LogP contribution < -0.4 is 20.6 Å². The Balaban J connectivity index is 2.69. The van der Waals surface area contributed by atoms with E-state index >= 15 is 0 Å². The van der Waals surface area contributed by atoms with Crippen LogP contribution in [0.15, 0.2) is 15.9 Å². The van der Waals surface area contributed by atoms with Crippen molar-refractivity contribution >= 4 is 21.8 Å². The third kappa shape index (κ3) is 2.35. The van der Waals surface area contributed by atoms with Gasteiger partial charge in [0, 0.05) is 21.2 Å². The second-order valence-corrected chi connectivity index (χ2v) is 5.50. The molecule has 2 heterocycles. The molecule has 0 spiro atoms. The number of aryl methyl sites for hydroxylation is 1. The van der Waals surface area contributed by atoms with Gasteiger partial charge in [-0.05, 0) is 0 Å². The maximum absolute atomic E-state index is 12.9. The Bertz CT molecular complexity index is 1100. The van der Waals surface area contributed by atoms with Crippen LogP contribution in [0.5, 0.6) is 11.5 Å². The minimum absolute atomic E-state index is 0.135. The Morgan fingerprint density at radius 3 is 2.16 bits per heavy atom. The number of nitrogens with zero attached hydrogens (tertiary/aromatic N) is 4. The molecule has 0 amide bonds. The summed E-state index contributed by atoms with van der Waals surface area (Å²) in [5, 5.41) is 0.413. The maximum Gasteiger partial charge on any atom is 0.265 e. The lowest BCUT2D eigenvalue weighted by Gasteiger charge is -2.15. The number of fused-ring (bicyclic) bond motifs is 2. The molecule has 0 N–H and O–H groups in total. The van der Waals surface area contributed by atoms with E-state index in [4.69, 9.17) is 14.2 Å². The molecule has 0 radical (unpaired) electrons. The topological polar surface area (TPSA) is 97.5 Å². The Morgan fingerprint density at radius 2 is 1.56 bits per heavy atom. The van der Waals surface area contributed by atoms with Crippen LogP contribution in [0.3, 0.4) is 0 Å². The van der Waals surface area contributed by atoms with Crippen LogP contribution in [0, 0.1) is 0 Å². The lowest BCUT2D eigenvalue weighted by atomic mass is 10.1. The molecular weight excluding hydrogens is 328 g/mol. The number of hydrogen-bond acceptors (Lipinski definition) is 7. The Morgan fingerprint density at radius 1 is 0.960 bits per heavy atom. The van der Waals surface area contributed by atoms with Gasteiger partial charge in [0.1, 0.15) is 34.2 Å². The molecule has 0 bridgehead atoms. The van der Waals surface area contributed by atoms with E-state index in [9.17, 15) is 9.59 Å². The zero-order chi connectivity index (χ0) is 18.3. The fourth-order valence-corrected chi connectivity index (χ4v) is 2.82. The van der Waals surface area contributed by atoms with Gasteiger partial charge in [0.2, 0.25) is 0 Å². The first-order valence-corrected chi connectivity index (χ1v) is 7.44. The number of rotatable bonds is 4. The van der Waals surface area contributed by atoms with E-state index in [-0.39, 0.29) is 51.0 Å². The number of hydrogen-bond donors (Lipinski definition) is 0. The molecule has 1 aromatic carbocycles. The van der Waals surface area contributed by atoms with Gasteiger partial charge in [0.05, 0.1) is 20.5 Å². The Hall–Kier alpha value is -2.94. The van der Waals surface area contributed by atoms with E-state index < -0.39 is 0 Å². The first-order chi connectivity index (χ1) is 12.0. The summed E-state index contributed by atoms with van der Waals surface area (Å²) in [5.41, 5.74) is -0.158. The molecule has 9 nitrogen and oxygen atoms in total. The average Bonchev–Trinajstić information content (AvgIpc) is 2.61.